The number of para-hydroxylation sites is 1. The molecule has 0 spiro atoms. The van der Waals surface area contributed by atoms with E-state index < -0.39 is 0 Å². The van der Waals surface area contributed by atoms with E-state index in [2.05, 4.69) is 17.6 Å². The molecule has 1 aromatic carbocycles. The smallest absolute Gasteiger partial charge is 0.241 e. The van der Waals surface area contributed by atoms with Crippen molar-refractivity contribution in [2.75, 3.05) is 5.32 Å². The molecule has 0 aromatic heterocycles. The number of anilines is 1. The highest BCUT2D eigenvalue weighted by molar-refractivity contribution is 5.94. The van der Waals surface area contributed by atoms with Crippen LogP contribution in [0.15, 0.2) is 30.3 Å². The second-order valence-electron chi connectivity index (χ2n) is 5.87. The molecule has 1 aliphatic carbocycles. The van der Waals surface area contributed by atoms with Crippen LogP contribution in [0.3, 0.4) is 0 Å². The Bertz CT molecular complexity index is 410. The number of rotatable bonds is 5. The van der Waals surface area contributed by atoms with E-state index in [0.717, 1.165) is 11.6 Å². The molecule has 0 saturated heterocycles. The number of benzene rings is 1. The molecule has 0 bridgehead atoms. The average molecular weight is 274 g/mol. The Hall–Kier alpha value is -1.35. The Kier molecular flexibility index (Phi) is 5.60. The Balaban J connectivity index is 1.77. The zero-order valence-corrected chi connectivity index (χ0v) is 12.6. The quantitative estimate of drug-likeness (QED) is 0.861. The zero-order chi connectivity index (χ0) is 14.4. The largest absolute Gasteiger partial charge is 0.325 e. The maximum Gasteiger partial charge on any atom is 0.241 e. The summed E-state index contributed by atoms with van der Waals surface area (Å²) in [5.74, 6) is 0.940. The third-order valence-corrected chi connectivity index (χ3v) is 4.34. The lowest BCUT2D eigenvalue weighted by Gasteiger charge is -2.30. The van der Waals surface area contributed by atoms with Crippen LogP contribution in [0.1, 0.15) is 46.0 Å². The third kappa shape index (κ3) is 4.34. The van der Waals surface area contributed by atoms with Gasteiger partial charge in [0.1, 0.15) is 0 Å². The van der Waals surface area contributed by atoms with Gasteiger partial charge in [-0.3, -0.25) is 4.79 Å². The monoisotopic (exact) mass is 274 g/mol. The second-order valence-corrected chi connectivity index (χ2v) is 5.87. The van der Waals surface area contributed by atoms with Gasteiger partial charge in [-0.2, -0.15) is 0 Å². The summed E-state index contributed by atoms with van der Waals surface area (Å²) in [6.45, 7) is 4.22. The van der Waals surface area contributed by atoms with Gasteiger partial charge in [0, 0.05) is 11.7 Å². The van der Waals surface area contributed by atoms with Crippen LogP contribution >= 0.6 is 0 Å². The number of carbonyl (C=O) groups excluding carboxylic acids is 1. The fraction of sp³-hybridized carbons (Fsp3) is 0.588. The first kappa shape index (κ1) is 15.0. The highest BCUT2D eigenvalue weighted by Crippen LogP contribution is 2.26. The summed E-state index contributed by atoms with van der Waals surface area (Å²) >= 11 is 0. The Morgan fingerprint density at radius 2 is 1.85 bits per heavy atom. The lowest BCUT2D eigenvalue weighted by atomic mass is 9.84. The first-order valence-electron chi connectivity index (χ1n) is 7.81. The Morgan fingerprint density at radius 1 is 1.20 bits per heavy atom. The molecule has 110 valence electrons. The molecule has 0 heterocycles. The zero-order valence-electron chi connectivity index (χ0n) is 12.6. The minimum atomic E-state index is -0.140. The number of carbonyl (C=O) groups is 1. The minimum Gasteiger partial charge on any atom is -0.325 e. The van der Waals surface area contributed by atoms with Crippen molar-refractivity contribution in [2.24, 2.45) is 5.92 Å². The molecule has 1 amide bonds. The molecule has 1 aromatic rings. The summed E-state index contributed by atoms with van der Waals surface area (Å²) in [6, 6.07) is 9.99. The van der Waals surface area contributed by atoms with Gasteiger partial charge in [0.15, 0.2) is 0 Å². The molecule has 0 aliphatic heterocycles. The first-order valence-corrected chi connectivity index (χ1v) is 7.81. The summed E-state index contributed by atoms with van der Waals surface area (Å²) in [5.41, 5.74) is 0.862. The molecular formula is C17H26N2O. The van der Waals surface area contributed by atoms with Gasteiger partial charge < -0.3 is 10.6 Å². The molecule has 20 heavy (non-hydrogen) atoms. The fourth-order valence-electron chi connectivity index (χ4n) is 2.94. The number of amides is 1. The van der Waals surface area contributed by atoms with Gasteiger partial charge in [0.25, 0.3) is 0 Å². The fourth-order valence-corrected chi connectivity index (χ4v) is 2.94. The van der Waals surface area contributed by atoms with Crippen LogP contribution in [0, 0.1) is 5.92 Å². The Labute approximate surface area is 122 Å². The number of hydrogen-bond acceptors (Lipinski definition) is 2. The minimum absolute atomic E-state index is 0.0498. The van der Waals surface area contributed by atoms with Gasteiger partial charge in [-0.15, -0.1) is 0 Å². The van der Waals surface area contributed by atoms with Crippen molar-refractivity contribution in [1.29, 1.82) is 0 Å². The van der Waals surface area contributed by atoms with E-state index in [1.807, 2.05) is 37.3 Å². The molecular weight excluding hydrogens is 248 g/mol. The van der Waals surface area contributed by atoms with Crippen LogP contribution < -0.4 is 10.6 Å². The SMILES string of the molecule is CCC1CCC(NC(C)C(=O)Nc2ccccc2)CC1. The van der Waals surface area contributed by atoms with Crippen LogP contribution in [0.5, 0.6) is 0 Å². The van der Waals surface area contributed by atoms with E-state index >= 15 is 0 Å². The molecule has 1 atom stereocenters. The third-order valence-electron chi connectivity index (χ3n) is 4.34. The lowest BCUT2D eigenvalue weighted by Crippen LogP contribution is -2.45. The lowest BCUT2D eigenvalue weighted by molar-refractivity contribution is -0.118. The highest BCUT2D eigenvalue weighted by atomic mass is 16.2. The molecule has 0 radical (unpaired) electrons. The van der Waals surface area contributed by atoms with Crippen molar-refractivity contribution in [3.63, 3.8) is 0 Å². The van der Waals surface area contributed by atoms with E-state index in [9.17, 15) is 4.79 Å². The summed E-state index contributed by atoms with van der Waals surface area (Å²) in [7, 11) is 0. The van der Waals surface area contributed by atoms with Gasteiger partial charge in [-0.1, -0.05) is 31.5 Å². The highest BCUT2D eigenvalue weighted by Gasteiger charge is 2.23. The van der Waals surface area contributed by atoms with Crippen molar-refractivity contribution in [2.45, 2.75) is 58.0 Å². The average Bonchev–Trinajstić information content (AvgIpc) is 2.49. The van der Waals surface area contributed by atoms with Gasteiger partial charge >= 0.3 is 0 Å². The van der Waals surface area contributed by atoms with Crippen LogP contribution in [-0.2, 0) is 4.79 Å². The molecule has 3 heteroatoms. The maximum atomic E-state index is 12.1. The van der Waals surface area contributed by atoms with Crippen molar-refractivity contribution >= 4 is 11.6 Å². The maximum absolute atomic E-state index is 12.1. The summed E-state index contributed by atoms with van der Waals surface area (Å²) in [5, 5.41) is 6.42. The standard InChI is InChI=1S/C17H26N2O/c1-3-14-9-11-16(12-10-14)18-13(2)17(20)19-15-7-5-4-6-8-15/h4-8,13-14,16,18H,3,9-12H2,1-2H3,(H,19,20). The van der Waals surface area contributed by atoms with Gasteiger partial charge in [-0.25, -0.2) is 0 Å². The van der Waals surface area contributed by atoms with Crippen LogP contribution in [0.4, 0.5) is 5.69 Å². The molecule has 1 unspecified atom stereocenters. The topological polar surface area (TPSA) is 41.1 Å². The van der Waals surface area contributed by atoms with Crippen molar-refractivity contribution in [1.82, 2.24) is 5.32 Å². The molecule has 2 rings (SSSR count). The van der Waals surface area contributed by atoms with Crippen molar-refractivity contribution in [3.05, 3.63) is 30.3 Å². The number of nitrogens with one attached hydrogen (secondary N) is 2. The predicted molar refractivity (Wildman–Crippen MR) is 83.7 cm³/mol. The molecule has 1 saturated carbocycles. The van der Waals surface area contributed by atoms with E-state index in [-0.39, 0.29) is 11.9 Å². The molecule has 1 fully saturated rings. The van der Waals surface area contributed by atoms with Crippen LogP contribution in [-0.4, -0.2) is 18.0 Å². The van der Waals surface area contributed by atoms with Crippen LogP contribution in [0.25, 0.3) is 0 Å². The van der Waals surface area contributed by atoms with E-state index in [1.165, 1.54) is 32.1 Å². The Morgan fingerprint density at radius 3 is 2.45 bits per heavy atom. The van der Waals surface area contributed by atoms with Crippen LogP contribution in [0.2, 0.25) is 0 Å². The molecule has 1 aliphatic rings. The van der Waals surface area contributed by atoms with Crippen molar-refractivity contribution in [3.8, 4) is 0 Å². The van der Waals surface area contributed by atoms with E-state index in [4.69, 9.17) is 0 Å². The summed E-state index contributed by atoms with van der Waals surface area (Å²) < 4.78 is 0. The molecule has 3 nitrogen and oxygen atoms in total. The van der Waals surface area contributed by atoms with E-state index in [0.29, 0.717) is 6.04 Å². The molecule has 2 N–H and O–H groups in total. The van der Waals surface area contributed by atoms with Gasteiger partial charge in [-0.05, 0) is 50.7 Å². The summed E-state index contributed by atoms with van der Waals surface area (Å²) in [6.07, 6.45) is 6.27. The van der Waals surface area contributed by atoms with Gasteiger partial charge in [0.05, 0.1) is 6.04 Å². The first-order chi connectivity index (χ1) is 9.69. The normalized spacial score (nSPS) is 24.1. The summed E-state index contributed by atoms with van der Waals surface area (Å²) in [4.78, 5) is 12.1. The van der Waals surface area contributed by atoms with E-state index in [1.54, 1.807) is 0 Å². The van der Waals surface area contributed by atoms with Crippen molar-refractivity contribution < 1.29 is 4.79 Å². The van der Waals surface area contributed by atoms with Gasteiger partial charge in [0.2, 0.25) is 5.91 Å². The second kappa shape index (κ2) is 7.44. The predicted octanol–water partition coefficient (Wildman–Crippen LogP) is 3.57. The number of hydrogen-bond donors (Lipinski definition) is 2.